The molecular formula is C22H27ClFN3O4. The highest BCUT2D eigenvalue weighted by molar-refractivity contribution is 6.31. The minimum Gasteiger partial charge on any atom is -0.510 e. The minimum atomic E-state index is -1.34. The van der Waals surface area contributed by atoms with Crippen molar-refractivity contribution >= 4 is 23.8 Å². The number of nitrogens with zero attached hydrogens (tertiary/aromatic N) is 2. The molecule has 0 spiro atoms. The maximum absolute atomic E-state index is 13.2. The summed E-state index contributed by atoms with van der Waals surface area (Å²) in [6.07, 6.45) is 3.61. The van der Waals surface area contributed by atoms with Gasteiger partial charge in [0.05, 0.1) is 5.57 Å². The number of hydrogen-bond acceptors (Lipinski definition) is 6. The van der Waals surface area contributed by atoms with Crippen LogP contribution in [0.5, 0.6) is 0 Å². The predicted octanol–water partition coefficient (Wildman–Crippen LogP) is 2.85. The van der Waals surface area contributed by atoms with Crippen LogP contribution in [0.3, 0.4) is 0 Å². The molecule has 2 unspecified atom stereocenters. The zero-order valence-electron chi connectivity index (χ0n) is 17.4. The highest BCUT2D eigenvalue weighted by Crippen LogP contribution is 2.29. The van der Waals surface area contributed by atoms with E-state index in [0.717, 1.165) is 19.3 Å². The van der Waals surface area contributed by atoms with Gasteiger partial charge in [-0.25, -0.2) is 4.39 Å². The molecule has 3 rings (SSSR count). The van der Waals surface area contributed by atoms with Crippen LogP contribution in [0, 0.1) is 5.82 Å². The SMILES string of the molecule is CC/C(O)=C1/C(=O)N2CCCCC2CN1/C=C(\C=O)C(O)NCc1ccc(F)cc1Cl. The number of carbonyl (C=O) groups excluding carboxylic acids is 2. The Hall–Kier alpha value is -2.42. The van der Waals surface area contributed by atoms with E-state index >= 15 is 0 Å². The van der Waals surface area contributed by atoms with E-state index in [0.29, 0.717) is 24.9 Å². The molecule has 168 valence electrons. The monoisotopic (exact) mass is 451 g/mol. The number of piperidine rings is 1. The van der Waals surface area contributed by atoms with Crippen molar-refractivity contribution in [2.75, 3.05) is 13.1 Å². The fourth-order valence-electron chi connectivity index (χ4n) is 3.94. The van der Waals surface area contributed by atoms with Crippen LogP contribution in [0.25, 0.3) is 0 Å². The smallest absolute Gasteiger partial charge is 0.274 e. The quantitative estimate of drug-likeness (QED) is 0.255. The van der Waals surface area contributed by atoms with Crippen LogP contribution in [0.1, 0.15) is 38.2 Å². The Balaban J connectivity index is 1.81. The van der Waals surface area contributed by atoms with Gasteiger partial charge in [-0.2, -0.15) is 0 Å². The van der Waals surface area contributed by atoms with Crippen molar-refractivity contribution in [2.24, 2.45) is 0 Å². The lowest BCUT2D eigenvalue weighted by Crippen LogP contribution is -2.56. The lowest BCUT2D eigenvalue weighted by atomic mass is 9.97. The number of fused-ring (bicyclic) bond motifs is 1. The van der Waals surface area contributed by atoms with Crippen molar-refractivity contribution in [3.8, 4) is 0 Å². The molecule has 2 heterocycles. The fourth-order valence-corrected chi connectivity index (χ4v) is 4.18. The fraction of sp³-hybridized carbons (Fsp3) is 0.455. The molecule has 2 saturated heterocycles. The summed E-state index contributed by atoms with van der Waals surface area (Å²) in [4.78, 5) is 28.1. The van der Waals surface area contributed by atoms with Crippen LogP contribution >= 0.6 is 11.6 Å². The Bertz CT molecular complexity index is 905. The van der Waals surface area contributed by atoms with E-state index in [1.165, 1.54) is 24.4 Å². The molecule has 0 aromatic heterocycles. The van der Waals surface area contributed by atoms with E-state index < -0.39 is 12.0 Å². The summed E-state index contributed by atoms with van der Waals surface area (Å²) < 4.78 is 13.2. The van der Waals surface area contributed by atoms with Gasteiger partial charge < -0.3 is 20.0 Å². The summed E-state index contributed by atoms with van der Waals surface area (Å²) >= 11 is 6.00. The molecule has 1 aromatic rings. The van der Waals surface area contributed by atoms with Crippen LogP contribution in [0.4, 0.5) is 4.39 Å². The Morgan fingerprint density at radius 3 is 2.87 bits per heavy atom. The van der Waals surface area contributed by atoms with Crippen LogP contribution < -0.4 is 5.32 Å². The van der Waals surface area contributed by atoms with Gasteiger partial charge in [-0.15, -0.1) is 0 Å². The third kappa shape index (κ3) is 5.26. The van der Waals surface area contributed by atoms with Gasteiger partial charge in [0, 0.05) is 43.3 Å². The third-order valence-electron chi connectivity index (χ3n) is 5.65. The van der Waals surface area contributed by atoms with E-state index in [4.69, 9.17) is 11.6 Å². The standard InChI is InChI=1S/C22H27ClFN3O4/c1-2-19(29)20-22(31)27-8-4-3-5-17(27)12-26(20)11-15(13-28)21(30)25-10-14-6-7-16(24)9-18(14)23/h6-7,9,11,13,17,21,25,29-30H,2-5,8,10,12H2,1H3/b15-11+,20-19+. The van der Waals surface area contributed by atoms with Gasteiger partial charge in [-0.3, -0.25) is 14.9 Å². The molecule has 7 nitrogen and oxygen atoms in total. The van der Waals surface area contributed by atoms with Crippen molar-refractivity contribution < 1.29 is 24.2 Å². The average molecular weight is 452 g/mol. The van der Waals surface area contributed by atoms with E-state index in [1.807, 2.05) is 0 Å². The van der Waals surface area contributed by atoms with Crippen LogP contribution in [-0.2, 0) is 16.1 Å². The number of amides is 1. The minimum absolute atomic E-state index is 0.00306. The van der Waals surface area contributed by atoms with Crippen LogP contribution in [0.2, 0.25) is 5.02 Å². The number of nitrogens with one attached hydrogen (secondary N) is 1. The summed E-state index contributed by atoms with van der Waals surface area (Å²) in [5.74, 6) is -0.794. The van der Waals surface area contributed by atoms with E-state index in [9.17, 15) is 24.2 Å². The molecule has 1 amide bonds. The number of rotatable bonds is 7. The molecule has 1 aromatic carbocycles. The van der Waals surface area contributed by atoms with E-state index in [2.05, 4.69) is 5.32 Å². The predicted molar refractivity (Wildman–Crippen MR) is 114 cm³/mol. The van der Waals surface area contributed by atoms with Gasteiger partial charge >= 0.3 is 0 Å². The molecule has 9 heteroatoms. The first-order valence-electron chi connectivity index (χ1n) is 10.4. The first-order valence-corrected chi connectivity index (χ1v) is 10.8. The maximum atomic E-state index is 13.2. The second-order valence-corrected chi connectivity index (χ2v) is 8.12. The molecule has 2 atom stereocenters. The third-order valence-corrected chi connectivity index (χ3v) is 6.00. The summed E-state index contributed by atoms with van der Waals surface area (Å²) in [5.41, 5.74) is 0.688. The van der Waals surface area contributed by atoms with E-state index in [-0.39, 0.29) is 47.0 Å². The number of carbonyl (C=O) groups is 2. The Morgan fingerprint density at radius 1 is 1.42 bits per heavy atom. The summed E-state index contributed by atoms with van der Waals surface area (Å²) in [6.45, 7) is 2.91. The normalized spacial score (nSPS) is 22.3. The maximum Gasteiger partial charge on any atom is 0.274 e. The lowest BCUT2D eigenvalue weighted by Gasteiger charge is -2.44. The highest BCUT2D eigenvalue weighted by atomic mass is 35.5. The molecule has 2 fully saturated rings. The molecule has 0 radical (unpaired) electrons. The zero-order valence-corrected chi connectivity index (χ0v) is 18.1. The van der Waals surface area contributed by atoms with Crippen molar-refractivity contribution in [1.29, 1.82) is 0 Å². The molecule has 3 N–H and O–H groups in total. The molecule has 0 bridgehead atoms. The number of hydrogen-bond donors (Lipinski definition) is 3. The lowest BCUT2D eigenvalue weighted by molar-refractivity contribution is -0.136. The Labute approximate surface area is 185 Å². The number of aliphatic hydroxyl groups is 2. The number of aliphatic hydroxyl groups excluding tert-OH is 2. The van der Waals surface area contributed by atoms with Gasteiger partial charge in [-0.05, 0) is 37.0 Å². The van der Waals surface area contributed by atoms with Gasteiger partial charge in [0.25, 0.3) is 5.91 Å². The van der Waals surface area contributed by atoms with Crippen molar-refractivity contribution in [3.05, 3.63) is 57.8 Å². The molecule has 2 aliphatic heterocycles. The molecule has 2 aliphatic rings. The molecule has 0 aliphatic carbocycles. The van der Waals surface area contributed by atoms with Crippen LogP contribution in [0.15, 0.2) is 41.4 Å². The summed E-state index contributed by atoms with van der Waals surface area (Å²) in [5, 5.41) is 23.9. The van der Waals surface area contributed by atoms with Gasteiger partial charge in [0.2, 0.25) is 0 Å². The summed E-state index contributed by atoms with van der Waals surface area (Å²) in [7, 11) is 0. The molecular weight excluding hydrogens is 425 g/mol. The largest absolute Gasteiger partial charge is 0.510 e. The molecule has 31 heavy (non-hydrogen) atoms. The number of allylic oxidation sites excluding steroid dienone is 1. The zero-order chi connectivity index (χ0) is 22.5. The van der Waals surface area contributed by atoms with Crippen molar-refractivity contribution in [2.45, 2.75) is 51.4 Å². The second kappa shape index (κ2) is 10.3. The average Bonchev–Trinajstić information content (AvgIpc) is 2.76. The topological polar surface area (TPSA) is 93.1 Å². The Morgan fingerprint density at radius 2 is 2.19 bits per heavy atom. The first-order chi connectivity index (χ1) is 14.8. The second-order valence-electron chi connectivity index (χ2n) is 7.72. The van der Waals surface area contributed by atoms with Crippen molar-refractivity contribution in [3.63, 3.8) is 0 Å². The van der Waals surface area contributed by atoms with Gasteiger partial charge in [0.15, 0.2) is 6.29 Å². The Kier molecular flexibility index (Phi) is 7.69. The highest BCUT2D eigenvalue weighted by Gasteiger charge is 2.38. The molecule has 0 saturated carbocycles. The number of benzene rings is 1. The van der Waals surface area contributed by atoms with Crippen LogP contribution in [-0.4, -0.2) is 57.6 Å². The van der Waals surface area contributed by atoms with Gasteiger partial charge in [-0.1, -0.05) is 24.6 Å². The number of halogens is 2. The van der Waals surface area contributed by atoms with Gasteiger partial charge in [0.1, 0.15) is 23.5 Å². The van der Waals surface area contributed by atoms with Crippen molar-refractivity contribution in [1.82, 2.24) is 15.1 Å². The summed E-state index contributed by atoms with van der Waals surface area (Å²) in [6, 6.07) is 3.90. The number of aldehydes is 1. The first kappa shape index (κ1) is 23.2. The number of piperazine rings is 1. The van der Waals surface area contributed by atoms with E-state index in [1.54, 1.807) is 16.7 Å².